The van der Waals surface area contributed by atoms with Gasteiger partial charge in [0.25, 0.3) is 0 Å². The van der Waals surface area contributed by atoms with Gasteiger partial charge >= 0.3 is 0 Å². The third-order valence-corrected chi connectivity index (χ3v) is 11.9. The fourth-order valence-electron chi connectivity index (χ4n) is 9.48. The minimum atomic E-state index is -0.622. The molecule has 0 fully saturated rings. The Morgan fingerprint density at radius 2 is 0.860 bits per heavy atom. The first-order chi connectivity index (χ1) is 28.2. The van der Waals surface area contributed by atoms with E-state index in [0.717, 1.165) is 78.9 Å². The highest BCUT2D eigenvalue weighted by Crippen LogP contribution is 2.67. The number of pyridine rings is 1. The molecule has 1 aromatic heterocycles. The van der Waals surface area contributed by atoms with Crippen LogP contribution in [0.1, 0.15) is 22.3 Å². The van der Waals surface area contributed by atoms with Crippen molar-refractivity contribution in [1.82, 2.24) is 4.98 Å². The van der Waals surface area contributed by atoms with Crippen molar-refractivity contribution in [2.24, 2.45) is 0 Å². The molecule has 0 atom stereocenters. The van der Waals surface area contributed by atoms with E-state index in [1.807, 2.05) is 30.3 Å². The molecular weight excluding hydrogens is 695 g/mol. The lowest BCUT2D eigenvalue weighted by atomic mass is 9.70. The third-order valence-electron chi connectivity index (χ3n) is 11.9. The average molecular weight is 728 g/mol. The number of para-hydroxylation sites is 2. The summed E-state index contributed by atoms with van der Waals surface area (Å²) in [5.41, 5.74) is 17.7. The summed E-state index contributed by atoms with van der Waals surface area (Å²) in [5.74, 6) is 2.95. The molecule has 0 N–H and O–H groups in total. The van der Waals surface area contributed by atoms with Gasteiger partial charge in [0.2, 0.25) is 0 Å². The summed E-state index contributed by atoms with van der Waals surface area (Å²) in [6.07, 6.45) is 0. The molecule has 0 amide bonds. The zero-order valence-electron chi connectivity index (χ0n) is 30.8. The Balaban J connectivity index is 1.06. The topological polar surface area (TPSA) is 31.4 Å². The second-order valence-corrected chi connectivity index (χ2v) is 15.0. The van der Waals surface area contributed by atoms with Crippen LogP contribution in [0.2, 0.25) is 0 Å². The van der Waals surface area contributed by atoms with Gasteiger partial charge in [0.05, 0.1) is 16.8 Å². The van der Waals surface area contributed by atoms with Crippen LogP contribution in [0.5, 0.6) is 23.0 Å². The fraction of sp³-hybridized carbons (Fsp3) is 0.0185. The molecule has 3 heteroatoms. The minimum absolute atomic E-state index is 0.622. The molecule has 9 aromatic rings. The van der Waals surface area contributed by atoms with Crippen LogP contribution in [-0.2, 0) is 5.41 Å². The van der Waals surface area contributed by atoms with Crippen LogP contribution in [0.25, 0.3) is 67.0 Å². The molecule has 0 radical (unpaired) electrons. The molecule has 0 bridgehead atoms. The molecule has 1 spiro atoms. The first-order valence-corrected chi connectivity index (χ1v) is 19.4. The maximum absolute atomic E-state index is 6.90. The maximum atomic E-state index is 6.90. The van der Waals surface area contributed by atoms with Crippen LogP contribution in [0.3, 0.4) is 0 Å². The van der Waals surface area contributed by atoms with Crippen LogP contribution in [-0.4, -0.2) is 4.98 Å². The highest BCUT2D eigenvalue weighted by molar-refractivity contribution is 5.98. The van der Waals surface area contributed by atoms with E-state index in [9.17, 15) is 0 Å². The second-order valence-electron chi connectivity index (χ2n) is 15.0. The average Bonchev–Trinajstić information content (AvgIpc) is 3.76. The van der Waals surface area contributed by atoms with Crippen molar-refractivity contribution in [2.45, 2.75) is 5.41 Å². The van der Waals surface area contributed by atoms with Crippen LogP contribution in [0.4, 0.5) is 0 Å². The van der Waals surface area contributed by atoms with Gasteiger partial charge in [-0.15, -0.1) is 0 Å². The summed E-state index contributed by atoms with van der Waals surface area (Å²) >= 11 is 0. The van der Waals surface area contributed by atoms with E-state index in [1.165, 1.54) is 33.4 Å². The van der Waals surface area contributed by atoms with Crippen molar-refractivity contribution in [3.63, 3.8) is 0 Å². The van der Waals surface area contributed by atoms with Crippen molar-refractivity contribution < 1.29 is 9.47 Å². The maximum Gasteiger partial charge on any atom is 0.175 e. The molecule has 2 heterocycles. The van der Waals surface area contributed by atoms with Gasteiger partial charge in [-0.05, 0) is 104 Å². The Morgan fingerprint density at radius 3 is 1.60 bits per heavy atom. The standard InChI is InChI=1S/C54H33NO2/c1-3-14-34(15-4-1)39-32-47(35-16-5-2-6-17-35)55-48(33-39)38-19-13-18-36(30-38)37-26-27-42-43-28-29-51-53(57-50-25-12-11-24-49(50)56-51)52(43)54(46(42)31-37)44-22-9-7-20-40(44)41-21-8-10-23-45(41)54/h1-33H. The van der Waals surface area contributed by atoms with Gasteiger partial charge in [-0.3, -0.25) is 0 Å². The number of hydrogen-bond donors (Lipinski definition) is 0. The molecule has 0 saturated heterocycles. The lowest BCUT2D eigenvalue weighted by Gasteiger charge is -2.33. The zero-order chi connectivity index (χ0) is 37.5. The number of benzene rings is 8. The number of aromatic nitrogens is 1. The van der Waals surface area contributed by atoms with Gasteiger partial charge < -0.3 is 9.47 Å². The van der Waals surface area contributed by atoms with E-state index in [-0.39, 0.29) is 0 Å². The van der Waals surface area contributed by atoms with E-state index in [2.05, 4.69) is 170 Å². The molecule has 1 aliphatic heterocycles. The number of ether oxygens (including phenoxy) is 2. The van der Waals surface area contributed by atoms with Crippen molar-refractivity contribution >= 4 is 0 Å². The molecule has 3 aliphatic rings. The number of nitrogens with zero attached hydrogens (tertiary/aromatic N) is 1. The summed E-state index contributed by atoms with van der Waals surface area (Å²) in [4.78, 5) is 5.26. The molecule has 8 aromatic carbocycles. The van der Waals surface area contributed by atoms with Gasteiger partial charge in [-0.1, -0.05) is 158 Å². The van der Waals surface area contributed by atoms with E-state index in [0.29, 0.717) is 0 Å². The Labute approximate surface area is 331 Å². The van der Waals surface area contributed by atoms with Crippen LogP contribution < -0.4 is 9.47 Å². The first kappa shape index (κ1) is 31.8. The summed E-state index contributed by atoms with van der Waals surface area (Å²) in [5, 5.41) is 0. The van der Waals surface area contributed by atoms with Gasteiger partial charge in [0, 0.05) is 16.7 Å². The number of rotatable bonds is 4. The van der Waals surface area contributed by atoms with Gasteiger partial charge in [-0.25, -0.2) is 4.98 Å². The predicted molar refractivity (Wildman–Crippen MR) is 229 cm³/mol. The molecule has 57 heavy (non-hydrogen) atoms. The number of hydrogen-bond acceptors (Lipinski definition) is 3. The highest BCUT2D eigenvalue weighted by atomic mass is 16.6. The van der Waals surface area contributed by atoms with Crippen LogP contribution in [0.15, 0.2) is 200 Å². The Hall–Kier alpha value is -7.49. The lowest BCUT2D eigenvalue weighted by Crippen LogP contribution is -2.27. The summed E-state index contributed by atoms with van der Waals surface area (Å²) in [6.45, 7) is 0. The predicted octanol–water partition coefficient (Wildman–Crippen LogP) is 14.0. The molecule has 0 unspecified atom stereocenters. The molecule has 0 saturated carbocycles. The van der Waals surface area contributed by atoms with E-state index in [1.54, 1.807) is 0 Å². The minimum Gasteiger partial charge on any atom is -0.450 e. The van der Waals surface area contributed by atoms with Crippen molar-refractivity contribution in [3.8, 4) is 90.0 Å². The number of fused-ring (bicyclic) bond motifs is 13. The highest BCUT2D eigenvalue weighted by Gasteiger charge is 2.54. The van der Waals surface area contributed by atoms with E-state index in [4.69, 9.17) is 14.5 Å². The smallest absolute Gasteiger partial charge is 0.175 e. The summed E-state index contributed by atoms with van der Waals surface area (Å²) in [6, 6.07) is 71.2. The second kappa shape index (κ2) is 12.3. The van der Waals surface area contributed by atoms with Crippen molar-refractivity contribution in [2.75, 3.05) is 0 Å². The molecule has 266 valence electrons. The zero-order valence-corrected chi connectivity index (χ0v) is 30.8. The third kappa shape index (κ3) is 4.69. The fourth-order valence-corrected chi connectivity index (χ4v) is 9.48. The largest absolute Gasteiger partial charge is 0.450 e. The Kier molecular flexibility index (Phi) is 6.84. The van der Waals surface area contributed by atoms with Gasteiger partial charge in [-0.2, -0.15) is 0 Å². The summed E-state index contributed by atoms with van der Waals surface area (Å²) < 4.78 is 13.5. The molecule has 2 aliphatic carbocycles. The van der Waals surface area contributed by atoms with Crippen LogP contribution in [0, 0.1) is 0 Å². The molecular formula is C54H33NO2. The Bertz CT molecular complexity index is 2970. The Morgan fingerprint density at radius 1 is 0.316 bits per heavy atom. The first-order valence-electron chi connectivity index (χ1n) is 19.4. The van der Waals surface area contributed by atoms with E-state index < -0.39 is 5.41 Å². The molecule has 3 nitrogen and oxygen atoms in total. The van der Waals surface area contributed by atoms with Crippen LogP contribution >= 0.6 is 0 Å². The van der Waals surface area contributed by atoms with Gasteiger partial charge in [0.15, 0.2) is 23.0 Å². The van der Waals surface area contributed by atoms with Crippen molar-refractivity contribution in [1.29, 1.82) is 0 Å². The monoisotopic (exact) mass is 727 g/mol. The quantitative estimate of drug-likeness (QED) is 0.181. The SMILES string of the molecule is c1ccc(-c2cc(-c3ccccc3)nc(-c3cccc(-c4ccc5c(c4)C4(c6ccccc6-c6ccccc64)c4c-5ccc5c4Oc4ccccc4O5)c3)c2)cc1. The normalized spacial score (nSPS) is 13.3. The lowest BCUT2D eigenvalue weighted by molar-refractivity contribution is 0.354. The molecule has 12 rings (SSSR count). The summed E-state index contributed by atoms with van der Waals surface area (Å²) in [7, 11) is 0. The van der Waals surface area contributed by atoms with E-state index >= 15 is 0 Å². The van der Waals surface area contributed by atoms with Crippen molar-refractivity contribution in [3.05, 3.63) is 222 Å². The van der Waals surface area contributed by atoms with Gasteiger partial charge in [0.1, 0.15) is 0 Å².